The van der Waals surface area contributed by atoms with Crippen molar-refractivity contribution in [3.8, 4) is 0 Å². The lowest BCUT2D eigenvalue weighted by atomic mass is 10.0. The molecule has 4 N–H and O–H groups in total. The van der Waals surface area contributed by atoms with Crippen LogP contribution in [0.15, 0.2) is 48.5 Å². The maximum absolute atomic E-state index is 5.85. The third kappa shape index (κ3) is 2.10. The Morgan fingerprint density at radius 2 is 1.07 bits per heavy atom. The van der Waals surface area contributed by atoms with E-state index in [2.05, 4.69) is 0 Å². The number of anilines is 2. The van der Waals surface area contributed by atoms with Gasteiger partial charge in [-0.1, -0.05) is 36.4 Å². The molecule has 0 atom stereocenters. The number of hydrogen-bond acceptors (Lipinski definition) is 2. The number of nitrogens with two attached hydrogens (primary N) is 2. The molecule has 75 valence electrons. The number of benzene rings is 2. The van der Waals surface area contributed by atoms with Gasteiger partial charge in [-0.05, 0) is 23.3 Å². The second-order valence-electron chi connectivity index (χ2n) is 3.40. The lowest BCUT2D eigenvalue weighted by Crippen LogP contribution is -1.96. The van der Waals surface area contributed by atoms with E-state index in [0.29, 0.717) is 0 Å². The van der Waals surface area contributed by atoms with Crippen molar-refractivity contribution in [1.29, 1.82) is 0 Å². The molecule has 2 aromatic rings. The highest BCUT2D eigenvalue weighted by Crippen LogP contribution is 2.21. The molecule has 0 bridgehead atoms. The van der Waals surface area contributed by atoms with E-state index in [-0.39, 0.29) is 0 Å². The zero-order chi connectivity index (χ0) is 10.7. The van der Waals surface area contributed by atoms with Crippen molar-refractivity contribution in [3.63, 3.8) is 0 Å². The van der Waals surface area contributed by atoms with Gasteiger partial charge in [0.05, 0.1) is 0 Å². The summed E-state index contributed by atoms with van der Waals surface area (Å²) in [5.74, 6) is 0. The van der Waals surface area contributed by atoms with Crippen molar-refractivity contribution in [2.75, 3.05) is 11.5 Å². The molecule has 2 heteroatoms. The Labute approximate surface area is 89.5 Å². The normalized spacial score (nSPS) is 10.1. The molecule has 0 saturated heterocycles. The quantitative estimate of drug-likeness (QED) is 0.726. The van der Waals surface area contributed by atoms with Crippen LogP contribution in [-0.4, -0.2) is 0 Å². The van der Waals surface area contributed by atoms with Crippen LogP contribution in [0.3, 0.4) is 0 Å². The fraction of sp³-hybridized carbons (Fsp3) is 0. The monoisotopic (exact) mass is 197 g/mol. The predicted octanol–water partition coefficient (Wildman–Crippen LogP) is 2.45. The fourth-order valence-electron chi connectivity index (χ4n) is 1.45. The van der Waals surface area contributed by atoms with E-state index in [0.717, 1.165) is 22.5 Å². The number of hydrogen-bond donors (Lipinski definition) is 2. The lowest BCUT2D eigenvalue weighted by molar-refractivity contribution is 1.43. The van der Waals surface area contributed by atoms with E-state index in [1.54, 1.807) is 0 Å². The number of nitrogen functional groups attached to an aromatic ring is 2. The molecular weight excluding hydrogens is 184 g/mol. The molecular formula is C13H13N2. The van der Waals surface area contributed by atoms with E-state index < -0.39 is 0 Å². The number of rotatable bonds is 2. The zero-order valence-corrected chi connectivity index (χ0v) is 8.35. The predicted molar refractivity (Wildman–Crippen MR) is 64.2 cm³/mol. The van der Waals surface area contributed by atoms with Gasteiger partial charge in [-0.15, -0.1) is 0 Å². The summed E-state index contributed by atoms with van der Waals surface area (Å²) >= 11 is 0. The number of para-hydroxylation sites is 2. The molecule has 0 amide bonds. The molecule has 0 aliphatic carbocycles. The Bertz CT molecular complexity index is 420. The summed E-state index contributed by atoms with van der Waals surface area (Å²) < 4.78 is 0. The first kappa shape index (κ1) is 9.59. The van der Waals surface area contributed by atoms with Crippen molar-refractivity contribution in [2.45, 2.75) is 0 Å². The van der Waals surface area contributed by atoms with Crippen LogP contribution in [0.1, 0.15) is 11.1 Å². The minimum absolute atomic E-state index is 0.765. The second-order valence-corrected chi connectivity index (χ2v) is 3.40. The van der Waals surface area contributed by atoms with Crippen molar-refractivity contribution < 1.29 is 0 Å². The highest BCUT2D eigenvalue weighted by atomic mass is 14.6. The van der Waals surface area contributed by atoms with Crippen molar-refractivity contribution in [2.24, 2.45) is 0 Å². The summed E-state index contributed by atoms with van der Waals surface area (Å²) in [6.07, 6.45) is 1.99. The van der Waals surface area contributed by atoms with E-state index in [1.165, 1.54) is 0 Å². The Morgan fingerprint density at radius 3 is 1.47 bits per heavy atom. The van der Waals surface area contributed by atoms with Gasteiger partial charge >= 0.3 is 0 Å². The van der Waals surface area contributed by atoms with Crippen LogP contribution in [0.5, 0.6) is 0 Å². The van der Waals surface area contributed by atoms with Crippen LogP contribution in [0.2, 0.25) is 0 Å². The summed E-state index contributed by atoms with van der Waals surface area (Å²) in [6.45, 7) is 0. The van der Waals surface area contributed by atoms with Crippen LogP contribution in [0.4, 0.5) is 11.4 Å². The molecule has 0 fully saturated rings. The van der Waals surface area contributed by atoms with Crippen LogP contribution < -0.4 is 11.5 Å². The molecule has 0 aliphatic rings. The van der Waals surface area contributed by atoms with Gasteiger partial charge in [0.1, 0.15) is 0 Å². The molecule has 2 aromatic carbocycles. The molecule has 2 nitrogen and oxygen atoms in total. The minimum atomic E-state index is 0.765. The summed E-state index contributed by atoms with van der Waals surface area (Å²) in [5.41, 5.74) is 15.2. The van der Waals surface area contributed by atoms with Crippen LogP contribution >= 0.6 is 0 Å². The molecule has 2 rings (SSSR count). The summed E-state index contributed by atoms with van der Waals surface area (Å²) in [6, 6.07) is 15.5. The Morgan fingerprint density at radius 1 is 0.667 bits per heavy atom. The fourth-order valence-corrected chi connectivity index (χ4v) is 1.45. The van der Waals surface area contributed by atoms with E-state index in [9.17, 15) is 0 Å². The van der Waals surface area contributed by atoms with Crippen LogP contribution in [0, 0.1) is 6.42 Å². The van der Waals surface area contributed by atoms with Gasteiger partial charge in [0.2, 0.25) is 0 Å². The third-order valence-electron chi connectivity index (χ3n) is 2.30. The first-order valence-electron chi connectivity index (χ1n) is 4.81. The summed E-state index contributed by atoms with van der Waals surface area (Å²) in [4.78, 5) is 0. The van der Waals surface area contributed by atoms with Gasteiger partial charge in [0.25, 0.3) is 0 Å². The Kier molecular flexibility index (Phi) is 2.59. The average Bonchev–Trinajstić information content (AvgIpc) is 2.24. The highest BCUT2D eigenvalue weighted by molar-refractivity contribution is 5.60. The summed E-state index contributed by atoms with van der Waals surface area (Å²) in [5, 5.41) is 0. The standard InChI is InChI=1S/C13H13N2/c14-12-7-3-1-5-10(12)9-11-6-2-4-8-13(11)15/h1-9H,14-15H2. The summed E-state index contributed by atoms with van der Waals surface area (Å²) in [7, 11) is 0. The molecule has 0 heterocycles. The topological polar surface area (TPSA) is 52.0 Å². The Balaban J connectivity index is 2.30. The van der Waals surface area contributed by atoms with Crippen molar-refractivity contribution in [3.05, 3.63) is 66.1 Å². The van der Waals surface area contributed by atoms with E-state index >= 15 is 0 Å². The molecule has 1 radical (unpaired) electrons. The first-order valence-corrected chi connectivity index (χ1v) is 4.81. The van der Waals surface area contributed by atoms with Gasteiger partial charge in [-0.25, -0.2) is 0 Å². The third-order valence-corrected chi connectivity index (χ3v) is 2.30. The Hall–Kier alpha value is -1.96. The molecule has 0 unspecified atom stereocenters. The molecule has 0 spiro atoms. The smallest absolute Gasteiger partial charge is 0.0353 e. The molecule has 0 aromatic heterocycles. The van der Waals surface area contributed by atoms with Crippen LogP contribution in [-0.2, 0) is 0 Å². The largest absolute Gasteiger partial charge is 0.398 e. The highest BCUT2D eigenvalue weighted by Gasteiger charge is 2.02. The van der Waals surface area contributed by atoms with Gasteiger partial charge < -0.3 is 11.5 Å². The van der Waals surface area contributed by atoms with Gasteiger partial charge in [-0.3, -0.25) is 0 Å². The zero-order valence-electron chi connectivity index (χ0n) is 8.35. The van der Waals surface area contributed by atoms with Crippen LogP contribution in [0.25, 0.3) is 0 Å². The lowest BCUT2D eigenvalue weighted by Gasteiger charge is -2.07. The van der Waals surface area contributed by atoms with E-state index in [1.807, 2.05) is 55.0 Å². The first-order chi connectivity index (χ1) is 7.27. The average molecular weight is 197 g/mol. The second kappa shape index (κ2) is 4.05. The van der Waals surface area contributed by atoms with Gasteiger partial charge in [0.15, 0.2) is 0 Å². The maximum atomic E-state index is 5.85. The van der Waals surface area contributed by atoms with Crippen molar-refractivity contribution >= 4 is 11.4 Å². The van der Waals surface area contributed by atoms with Gasteiger partial charge in [0, 0.05) is 17.8 Å². The van der Waals surface area contributed by atoms with E-state index in [4.69, 9.17) is 11.5 Å². The van der Waals surface area contributed by atoms with Crippen molar-refractivity contribution in [1.82, 2.24) is 0 Å². The van der Waals surface area contributed by atoms with Gasteiger partial charge in [-0.2, -0.15) is 0 Å². The molecule has 0 saturated carbocycles. The maximum Gasteiger partial charge on any atom is 0.0353 e. The SMILES string of the molecule is Nc1ccccc1[CH]c1ccccc1N. The molecule has 0 aliphatic heterocycles. The molecule has 15 heavy (non-hydrogen) atoms. The minimum Gasteiger partial charge on any atom is -0.398 e.